The van der Waals surface area contributed by atoms with Crippen molar-refractivity contribution < 1.29 is 0 Å². The van der Waals surface area contributed by atoms with Crippen LogP contribution in [0.2, 0.25) is 0 Å². The lowest BCUT2D eigenvalue weighted by atomic mass is 10.2. The highest BCUT2D eigenvalue weighted by Crippen LogP contribution is 2.34. The van der Waals surface area contributed by atoms with Gasteiger partial charge in [0.1, 0.15) is 5.84 Å². The van der Waals surface area contributed by atoms with E-state index in [2.05, 4.69) is 15.0 Å². The molecule has 0 amide bonds. The molecule has 0 bridgehead atoms. The van der Waals surface area contributed by atoms with Gasteiger partial charge in [-0.15, -0.1) is 0 Å². The number of hydrogen-bond acceptors (Lipinski definition) is 5. The van der Waals surface area contributed by atoms with Crippen LogP contribution in [0, 0.1) is 5.92 Å². The van der Waals surface area contributed by atoms with Gasteiger partial charge in [0.15, 0.2) is 5.82 Å². The van der Waals surface area contributed by atoms with Crippen LogP contribution in [0.25, 0.3) is 16.7 Å². The maximum atomic E-state index is 13.0. The zero-order chi connectivity index (χ0) is 18.5. The second-order valence-corrected chi connectivity index (χ2v) is 7.24. The molecule has 27 heavy (non-hydrogen) atoms. The number of allylic oxidation sites excluding steroid dienone is 1. The molecule has 3 aromatic rings. The Kier molecular flexibility index (Phi) is 3.50. The summed E-state index contributed by atoms with van der Waals surface area (Å²) < 4.78 is 1.63. The van der Waals surface area contributed by atoms with E-state index in [-0.39, 0.29) is 5.56 Å². The van der Waals surface area contributed by atoms with Gasteiger partial charge in [0, 0.05) is 17.0 Å². The van der Waals surface area contributed by atoms with E-state index in [1.807, 2.05) is 18.2 Å². The fourth-order valence-electron chi connectivity index (χ4n) is 3.77. The number of amidine groups is 1. The van der Waals surface area contributed by atoms with Crippen LogP contribution >= 0.6 is 0 Å². The number of nitrogens with zero attached hydrogens (tertiary/aromatic N) is 4. The lowest BCUT2D eigenvalue weighted by molar-refractivity contribution is 0.874. The molecule has 5 rings (SSSR count). The molecular weight excluding hydrogens is 340 g/mol. The predicted molar refractivity (Wildman–Crippen MR) is 105 cm³/mol. The van der Waals surface area contributed by atoms with E-state index >= 15 is 0 Å². The summed E-state index contributed by atoms with van der Waals surface area (Å²) in [4.78, 5) is 26.7. The van der Waals surface area contributed by atoms with Gasteiger partial charge in [-0.25, -0.2) is 14.4 Å². The van der Waals surface area contributed by atoms with Gasteiger partial charge in [-0.05, 0) is 56.2 Å². The molecule has 0 unspecified atom stereocenters. The molecule has 2 aliphatic rings. The highest BCUT2D eigenvalue weighted by molar-refractivity contribution is 5.94. The van der Waals surface area contributed by atoms with Crippen molar-refractivity contribution in [3.05, 3.63) is 57.6 Å². The normalized spacial score (nSPS) is 17.6. The Morgan fingerprint density at radius 2 is 2.00 bits per heavy atom. The van der Waals surface area contributed by atoms with Crippen molar-refractivity contribution >= 4 is 28.3 Å². The Morgan fingerprint density at radius 1 is 1.19 bits per heavy atom. The first-order valence-electron chi connectivity index (χ1n) is 9.26. The summed E-state index contributed by atoms with van der Waals surface area (Å²) in [5.74, 6) is 1.68. The first-order valence-corrected chi connectivity index (χ1v) is 9.26. The van der Waals surface area contributed by atoms with E-state index in [0.29, 0.717) is 34.3 Å². The molecule has 0 radical (unpaired) electrons. The van der Waals surface area contributed by atoms with Crippen molar-refractivity contribution in [1.29, 1.82) is 0 Å². The number of aromatic nitrogens is 3. The number of fused-ring (bicyclic) bond motifs is 4. The summed E-state index contributed by atoms with van der Waals surface area (Å²) in [7, 11) is 0. The Morgan fingerprint density at radius 3 is 2.81 bits per heavy atom. The number of aliphatic imine (C=N–C) groups is 1. The first kappa shape index (κ1) is 16.0. The minimum absolute atomic E-state index is 0.0809. The Bertz CT molecular complexity index is 1200. The van der Waals surface area contributed by atoms with E-state index < -0.39 is 0 Å². The second-order valence-electron chi connectivity index (χ2n) is 7.24. The van der Waals surface area contributed by atoms with Crippen LogP contribution in [-0.4, -0.2) is 20.2 Å². The van der Waals surface area contributed by atoms with Crippen molar-refractivity contribution in [3.8, 4) is 0 Å². The molecule has 0 saturated heterocycles. The second kappa shape index (κ2) is 5.90. The predicted octanol–water partition coefficient (Wildman–Crippen LogP) is 1.97. The SMILES string of the molecule is NC(=CC(N)=Nc1nc2nc3ccccc3c(=O)n2c2c1CCC2)C1CC1. The van der Waals surface area contributed by atoms with Gasteiger partial charge in [0.05, 0.1) is 10.9 Å². The smallest absolute Gasteiger partial charge is 0.267 e. The van der Waals surface area contributed by atoms with E-state index in [0.717, 1.165) is 49.1 Å². The number of para-hydroxylation sites is 1. The molecule has 7 heteroatoms. The summed E-state index contributed by atoms with van der Waals surface area (Å²) in [6.45, 7) is 0. The van der Waals surface area contributed by atoms with Gasteiger partial charge >= 0.3 is 0 Å². The average Bonchev–Trinajstić information content (AvgIpc) is 3.39. The molecule has 0 atom stereocenters. The summed E-state index contributed by atoms with van der Waals surface area (Å²) in [6, 6.07) is 7.33. The van der Waals surface area contributed by atoms with E-state index in [1.165, 1.54) is 0 Å². The monoisotopic (exact) mass is 360 g/mol. The molecule has 1 fully saturated rings. The maximum Gasteiger partial charge on any atom is 0.267 e. The first-order chi connectivity index (χ1) is 13.1. The summed E-state index contributed by atoms with van der Waals surface area (Å²) in [5, 5.41) is 0.599. The van der Waals surface area contributed by atoms with E-state index in [9.17, 15) is 4.79 Å². The van der Waals surface area contributed by atoms with Crippen LogP contribution in [0.4, 0.5) is 5.82 Å². The van der Waals surface area contributed by atoms with E-state index in [1.54, 1.807) is 16.5 Å². The van der Waals surface area contributed by atoms with Gasteiger partial charge in [0.25, 0.3) is 5.56 Å². The molecule has 2 heterocycles. The molecule has 1 aromatic carbocycles. The quantitative estimate of drug-likeness (QED) is 0.421. The van der Waals surface area contributed by atoms with Crippen molar-refractivity contribution in [2.45, 2.75) is 32.1 Å². The summed E-state index contributed by atoms with van der Waals surface area (Å²) >= 11 is 0. The topological polar surface area (TPSA) is 112 Å². The zero-order valence-electron chi connectivity index (χ0n) is 14.9. The minimum Gasteiger partial charge on any atom is -0.402 e. The molecule has 7 nitrogen and oxygen atoms in total. The van der Waals surface area contributed by atoms with Crippen molar-refractivity contribution in [2.75, 3.05) is 0 Å². The van der Waals surface area contributed by atoms with Gasteiger partial charge in [-0.1, -0.05) is 12.1 Å². The lowest BCUT2D eigenvalue weighted by Gasteiger charge is -2.10. The Labute approximate surface area is 155 Å². The Hall–Kier alpha value is -3.22. The van der Waals surface area contributed by atoms with Crippen LogP contribution in [0.1, 0.15) is 30.5 Å². The highest BCUT2D eigenvalue weighted by atomic mass is 16.1. The number of nitrogens with two attached hydrogens (primary N) is 2. The van der Waals surface area contributed by atoms with Gasteiger partial charge in [0.2, 0.25) is 5.78 Å². The van der Waals surface area contributed by atoms with Crippen LogP contribution in [0.15, 0.2) is 45.8 Å². The molecule has 2 aromatic heterocycles. The van der Waals surface area contributed by atoms with E-state index in [4.69, 9.17) is 11.5 Å². The molecule has 2 aliphatic carbocycles. The van der Waals surface area contributed by atoms with Crippen LogP contribution in [0.3, 0.4) is 0 Å². The van der Waals surface area contributed by atoms with Crippen LogP contribution in [-0.2, 0) is 12.8 Å². The standard InChI is InChI=1S/C20H20N6O/c21-14(11-8-9-11)10-17(22)24-18-13-5-3-7-16(13)26-19(27)12-4-1-2-6-15(12)23-20(26)25-18/h1-2,4,6,10-11H,3,5,7-9,21H2,(H2,22,23,24,25). The Balaban J connectivity index is 1.73. The number of benzene rings is 1. The van der Waals surface area contributed by atoms with Crippen LogP contribution < -0.4 is 17.0 Å². The molecular formula is C20H20N6O. The molecule has 1 saturated carbocycles. The molecule has 4 N–H and O–H groups in total. The molecule has 0 aliphatic heterocycles. The fraction of sp³-hybridized carbons (Fsp3) is 0.300. The zero-order valence-corrected chi connectivity index (χ0v) is 14.9. The average molecular weight is 360 g/mol. The van der Waals surface area contributed by atoms with Crippen molar-refractivity contribution in [2.24, 2.45) is 22.4 Å². The van der Waals surface area contributed by atoms with Gasteiger partial charge < -0.3 is 11.5 Å². The summed E-state index contributed by atoms with van der Waals surface area (Å²) in [6.07, 6.45) is 6.53. The number of aryl methyl sites for hydroxylation is 1. The highest BCUT2D eigenvalue weighted by Gasteiger charge is 2.25. The maximum absolute atomic E-state index is 13.0. The third kappa shape index (κ3) is 2.66. The van der Waals surface area contributed by atoms with Crippen LogP contribution in [0.5, 0.6) is 0 Å². The molecule has 0 spiro atoms. The van der Waals surface area contributed by atoms with Crippen molar-refractivity contribution in [3.63, 3.8) is 0 Å². The largest absolute Gasteiger partial charge is 0.402 e. The van der Waals surface area contributed by atoms with Crippen molar-refractivity contribution in [1.82, 2.24) is 14.4 Å². The lowest BCUT2D eigenvalue weighted by Crippen LogP contribution is -2.20. The number of rotatable bonds is 3. The van der Waals surface area contributed by atoms with Gasteiger partial charge in [-0.2, -0.15) is 4.98 Å². The third-order valence-electron chi connectivity index (χ3n) is 5.29. The van der Waals surface area contributed by atoms with Gasteiger partial charge in [-0.3, -0.25) is 4.79 Å². The summed E-state index contributed by atoms with van der Waals surface area (Å²) in [5.41, 5.74) is 15.4. The molecule has 136 valence electrons. The fourth-order valence-corrected chi connectivity index (χ4v) is 3.77. The number of hydrogen-bond donors (Lipinski definition) is 2. The third-order valence-corrected chi connectivity index (χ3v) is 5.29. The minimum atomic E-state index is -0.0809.